The van der Waals surface area contributed by atoms with Gasteiger partial charge in [0.05, 0.1) is 7.11 Å². The summed E-state index contributed by atoms with van der Waals surface area (Å²) in [5, 5.41) is 0. The highest BCUT2D eigenvalue weighted by atomic mass is 16.5. The SMILES string of the molecule is COc1cc2c(c(-c3ccccc3)c1)C=C(C)C2. The van der Waals surface area contributed by atoms with Crippen molar-refractivity contribution in [2.24, 2.45) is 0 Å². The molecule has 0 N–H and O–H groups in total. The summed E-state index contributed by atoms with van der Waals surface area (Å²) >= 11 is 0. The largest absolute Gasteiger partial charge is 0.497 e. The molecule has 0 unspecified atom stereocenters. The number of ether oxygens (including phenoxy) is 1. The highest BCUT2D eigenvalue weighted by Crippen LogP contribution is 2.37. The lowest BCUT2D eigenvalue weighted by Crippen LogP contribution is -1.91. The summed E-state index contributed by atoms with van der Waals surface area (Å²) < 4.78 is 5.41. The summed E-state index contributed by atoms with van der Waals surface area (Å²) in [7, 11) is 1.73. The fourth-order valence-electron chi connectivity index (χ4n) is 2.57. The molecule has 2 aromatic rings. The van der Waals surface area contributed by atoms with Gasteiger partial charge in [-0.15, -0.1) is 0 Å². The Morgan fingerprint density at radius 2 is 1.83 bits per heavy atom. The minimum Gasteiger partial charge on any atom is -0.497 e. The molecular weight excluding hydrogens is 220 g/mol. The first-order chi connectivity index (χ1) is 8.78. The molecule has 0 amide bonds. The zero-order chi connectivity index (χ0) is 12.5. The molecule has 0 saturated heterocycles. The predicted molar refractivity (Wildman–Crippen MR) is 75.8 cm³/mol. The van der Waals surface area contributed by atoms with Crippen LogP contribution in [-0.4, -0.2) is 7.11 Å². The van der Waals surface area contributed by atoms with E-state index >= 15 is 0 Å². The van der Waals surface area contributed by atoms with Crippen molar-refractivity contribution in [3.05, 3.63) is 59.2 Å². The maximum Gasteiger partial charge on any atom is 0.119 e. The van der Waals surface area contributed by atoms with Crippen molar-refractivity contribution < 1.29 is 4.74 Å². The maximum atomic E-state index is 5.41. The van der Waals surface area contributed by atoms with Crippen LogP contribution in [0.4, 0.5) is 0 Å². The molecule has 0 saturated carbocycles. The molecule has 1 heteroatoms. The Bertz CT molecular complexity index is 609. The second-order valence-corrected chi connectivity index (χ2v) is 4.78. The molecule has 0 radical (unpaired) electrons. The fraction of sp³-hybridized carbons (Fsp3) is 0.176. The highest BCUT2D eigenvalue weighted by Gasteiger charge is 2.16. The molecular formula is C17H16O. The first kappa shape index (κ1) is 11.1. The second-order valence-electron chi connectivity index (χ2n) is 4.78. The van der Waals surface area contributed by atoms with Crippen LogP contribution in [0.3, 0.4) is 0 Å². The van der Waals surface area contributed by atoms with E-state index < -0.39 is 0 Å². The molecule has 1 nitrogen and oxygen atoms in total. The van der Waals surface area contributed by atoms with Gasteiger partial charge in [0.2, 0.25) is 0 Å². The second kappa shape index (κ2) is 4.34. The molecule has 3 rings (SSSR count). The van der Waals surface area contributed by atoms with E-state index in [1.165, 1.54) is 27.8 Å². The lowest BCUT2D eigenvalue weighted by atomic mass is 9.97. The molecule has 0 aromatic heterocycles. The number of benzene rings is 2. The molecule has 0 bridgehead atoms. The molecule has 0 heterocycles. The van der Waals surface area contributed by atoms with Gasteiger partial charge in [-0.3, -0.25) is 0 Å². The summed E-state index contributed by atoms with van der Waals surface area (Å²) in [6.07, 6.45) is 3.32. The van der Waals surface area contributed by atoms with Gasteiger partial charge in [0.1, 0.15) is 5.75 Å². The van der Waals surface area contributed by atoms with Crippen molar-refractivity contribution in [2.45, 2.75) is 13.3 Å². The van der Waals surface area contributed by atoms with Gasteiger partial charge in [-0.25, -0.2) is 0 Å². The predicted octanol–water partition coefficient (Wildman–Crippen LogP) is 4.32. The molecule has 2 aromatic carbocycles. The maximum absolute atomic E-state index is 5.41. The molecule has 1 aliphatic rings. The van der Waals surface area contributed by atoms with Crippen molar-refractivity contribution in [2.75, 3.05) is 7.11 Å². The van der Waals surface area contributed by atoms with Gasteiger partial charge in [-0.1, -0.05) is 42.0 Å². The van der Waals surface area contributed by atoms with E-state index in [-0.39, 0.29) is 0 Å². The smallest absolute Gasteiger partial charge is 0.119 e. The average molecular weight is 236 g/mol. The summed E-state index contributed by atoms with van der Waals surface area (Å²) in [5.41, 5.74) is 6.64. The molecule has 0 atom stereocenters. The number of fused-ring (bicyclic) bond motifs is 1. The molecule has 18 heavy (non-hydrogen) atoms. The first-order valence-electron chi connectivity index (χ1n) is 6.21. The Morgan fingerprint density at radius 1 is 1.06 bits per heavy atom. The van der Waals surface area contributed by atoms with Crippen LogP contribution in [0, 0.1) is 0 Å². The van der Waals surface area contributed by atoms with Crippen molar-refractivity contribution >= 4 is 6.08 Å². The minimum atomic E-state index is 0.940. The van der Waals surface area contributed by atoms with E-state index in [1.54, 1.807) is 7.11 Å². The molecule has 0 aliphatic heterocycles. The van der Waals surface area contributed by atoms with Crippen LogP contribution in [0.5, 0.6) is 5.75 Å². The van der Waals surface area contributed by atoms with Crippen LogP contribution in [0.1, 0.15) is 18.1 Å². The fourth-order valence-corrected chi connectivity index (χ4v) is 2.57. The van der Waals surface area contributed by atoms with E-state index in [9.17, 15) is 0 Å². The third-order valence-electron chi connectivity index (χ3n) is 3.42. The van der Waals surface area contributed by atoms with Gasteiger partial charge >= 0.3 is 0 Å². The van der Waals surface area contributed by atoms with Gasteiger partial charge < -0.3 is 4.74 Å². The lowest BCUT2D eigenvalue weighted by Gasteiger charge is -2.11. The minimum absolute atomic E-state index is 0.940. The van der Waals surface area contributed by atoms with Gasteiger partial charge in [0.15, 0.2) is 0 Å². The van der Waals surface area contributed by atoms with E-state index in [4.69, 9.17) is 4.74 Å². The molecule has 90 valence electrons. The van der Waals surface area contributed by atoms with Gasteiger partial charge in [0, 0.05) is 0 Å². The molecule has 1 aliphatic carbocycles. The van der Waals surface area contributed by atoms with Crippen LogP contribution in [0.15, 0.2) is 48.0 Å². The Morgan fingerprint density at radius 3 is 2.56 bits per heavy atom. The topological polar surface area (TPSA) is 9.23 Å². The number of rotatable bonds is 2. The summed E-state index contributed by atoms with van der Waals surface area (Å²) in [6.45, 7) is 2.18. The lowest BCUT2D eigenvalue weighted by molar-refractivity contribution is 0.414. The molecule has 0 spiro atoms. The van der Waals surface area contributed by atoms with E-state index in [0.717, 1.165) is 12.2 Å². The third kappa shape index (κ3) is 1.82. The summed E-state index contributed by atoms with van der Waals surface area (Å²) in [5.74, 6) is 0.940. The van der Waals surface area contributed by atoms with Crippen LogP contribution < -0.4 is 4.74 Å². The van der Waals surface area contributed by atoms with Crippen molar-refractivity contribution in [1.29, 1.82) is 0 Å². The quantitative estimate of drug-likeness (QED) is 0.754. The monoisotopic (exact) mass is 236 g/mol. The van der Waals surface area contributed by atoms with Gasteiger partial charge in [0.25, 0.3) is 0 Å². The van der Waals surface area contributed by atoms with Crippen LogP contribution in [0.2, 0.25) is 0 Å². The zero-order valence-electron chi connectivity index (χ0n) is 10.7. The van der Waals surface area contributed by atoms with Crippen molar-refractivity contribution in [3.8, 4) is 16.9 Å². The summed E-state index contributed by atoms with van der Waals surface area (Å²) in [6, 6.07) is 14.8. The number of methoxy groups -OCH3 is 1. The molecule has 0 fully saturated rings. The standard InChI is InChI=1S/C17H16O/c1-12-8-14-10-15(18-2)11-17(16(14)9-12)13-6-4-3-5-7-13/h3-7,9-11H,8H2,1-2H3. The van der Waals surface area contributed by atoms with Gasteiger partial charge in [-0.2, -0.15) is 0 Å². The van der Waals surface area contributed by atoms with E-state index in [2.05, 4.69) is 49.4 Å². The third-order valence-corrected chi connectivity index (χ3v) is 3.42. The van der Waals surface area contributed by atoms with Crippen LogP contribution in [-0.2, 0) is 6.42 Å². The Kier molecular flexibility index (Phi) is 2.67. The Hall–Kier alpha value is -2.02. The van der Waals surface area contributed by atoms with Crippen molar-refractivity contribution in [3.63, 3.8) is 0 Å². The van der Waals surface area contributed by atoms with E-state index in [0.29, 0.717) is 0 Å². The first-order valence-corrected chi connectivity index (χ1v) is 6.21. The Labute approximate surface area is 108 Å². The highest BCUT2D eigenvalue weighted by molar-refractivity contribution is 5.81. The average Bonchev–Trinajstić information content (AvgIpc) is 2.78. The Balaban J connectivity index is 2.22. The number of hydrogen-bond acceptors (Lipinski definition) is 1. The number of hydrogen-bond donors (Lipinski definition) is 0. The van der Waals surface area contributed by atoms with Crippen LogP contribution >= 0.6 is 0 Å². The zero-order valence-corrected chi connectivity index (χ0v) is 10.7. The van der Waals surface area contributed by atoms with Crippen LogP contribution in [0.25, 0.3) is 17.2 Å². The van der Waals surface area contributed by atoms with Crippen molar-refractivity contribution in [1.82, 2.24) is 0 Å². The number of allylic oxidation sites excluding steroid dienone is 1. The normalized spacial score (nSPS) is 13.1. The van der Waals surface area contributed by atoms with Gasteiger partial charge in [-0.05, 0) is 47.7 Å². The summed E-state index contributed by atoms with van der Waals surface area (Å²) in [4.78, 5) is 0. The van der Waals surface area contributed by atoms with E-state index in [1.807, 2.05) is 6.07 Å².